The summed E-state index contributed by atoms with van der Waals surface area (Å²) in [5, 5.41) is 0. The number of hydrogen-bond donors (Lipinski definition) is 0. The molecule has 4 heterocycles. The van der Waals surface area contributed by atoms with Gasteiger partial charge in [0.05, 0.1) is 25.8 Å². The van der Waals surface area contributed by atoms with Crippen molar-refractivity contribution in [2.75, 3.05) is 26.2 Å². The fourth-order valence-electron chi connectivity index (χ4n) is 4.74. The predicted molar refractivity (Wildman–Crippen MR) is 116 cm³/mol. The van der Waals surface area contributed by atoms with Gasteiger partial charge >= 0.3 is 0 Å². The number of hydrogen-bond acceptors (Lipinski definition) is 5. The number of morpholine rings is 1. The van der Waals surface area contributed by atoms with Crippen LogP contribution in [0.5, 0.6) is 0 Å². The van der Waals surface area contributed by atoms with Crippen molar-refractivity contribution in [1.82, 2.24) is 14.8 Å². The molecule has 0 saturated carbocycles. The third-order valence-electron chi connectivity index (χ3n) is 6.39. The van der Waals surface area contributed by atoms with E-state index in [1.165, 1.54) is 18.4 Å². The predicted octanol–water partition coefficient (Wildman–Crippen LogP) is 2.78. The molecule has 0 unspecified atom stereocenters. The summed E-state index contributed by atoms with van der Waals surface area (Å²) in [4.78, 5) is 34.5. The second kappa shape index (κ2) is 8.78. The number of ether oxygens (including phenoxy) is 1. The molecule has 0 radical (unpaired) electrons. The molecule has 7 nitrogen and oxygen atoms in total. The molecule has 2 aromatic heterocycles. The lowest BCUT2D eigenvalue weighted by atomic mass is 9.83. The summed E-state index contributed by atoms with van der Waals surface area (Å²) in [7, 11) is 0. The maximum atomic E-state index is 13.8. The molecule has 5 rings (SSSR count). The van der Waals surface area contributed by atoms with Gasteiger partial charge in [-0.15, -0.1) is 0 Å². The van der Waals surface area contributed by atoms with Gasteiger partial charge in [-0.25, -0.2) is 4.39 Å². The summed E-state index contributed by atoms with van der Waals surface area (Å²) in [5.74, 6) is -0.382. The molecule has 0 aliphatic carbocycles. The van der Waals surface area contributed by atoms with E-state index in [1.807, 2.05) is 12.1 Å². The van der Waals surface area contributed by atoms with Crippen LogP contribution in [0.3, 0.4) is 0 Å². The maximum Gasteiger partial charge on any atom is 0.257 e. The summed E-state index contributed by atoms with van der Waals surface area (Å²) in [6, 6.07) is 13.4. The third-order valence-corrected chi connectivity index (χ3v) is 6.39. The van der Waals surface area contributed by atoms with Gasteiger partial charge in [0.15, 0.2) is 5.60 Å². The van der Waals surface area contributed by atoms with Crippen molar-refractivity contribution in [1.29, 1.82) is 0 Å². The van der Waals surface area contributed by atoms with E-state index in [0.29, 0.717) is 32.0 Å². The Morgan fingerprint density at radius 1 is 1.18 bits per heavy atom. The van der Waals surface area contributed by atoms with Crippen molar-refractivity contribution in [2.45, 2.75) is 24.5 Å². The van der Waals surface area contributed by atoms with Crippen molar-refractivity contribution >= 4 is 11.8 Å². The normalized spacial score (nSPS) is 22.8. The van der Waals surface area contributed by atoms with Crippen LogP contribution in [-0.4, -0.2) is 58.4 Å². The van der Waals surface area contributed by atoms with Gasteiger partial charge < -0.3 is 19.0 Å². The number of halogens is 1. The molecule has 0 N–H and O–H groups in total. The molecule has 1 spiro atoms. The van der Waals surface area contributed by atoms with E-state index < -0.39 is 5.60 Å². The molecule has 2 saturated heterocycles. The third kappa shape index (κ3) is 4.14. The fraction of sp³-hybridized carbons (Fsp3) is 0.320. The van der Waals surface area contributed by atoms with Crippen LogP contribution in [0.1, 0.15) is 22.8 Å². The van der Waals surface area contributed by atoms with Crippen LogP contribution in [0, 0.1) is 5.82 Å². The van der Waals surface area contributed by atoms with E-state index in [9.17, 15) is 14.0 Å². The van der Waals surface area contributed by atoms with Crippen molar-refractivity contribution in [3.05, 3.63) is 89.9 Å². The number of furan rings is 1. The SMILES string of the molecule is O=C(Cc1ccco1)N1C[C@@H](c2cccnc2)[C@]2(C1)OCCN(Cc1ccc(F)cc1)C2=O. The average Bonchev–Trinajstić information content (AvgIpc) is 3.48. The van der Waals surface area contributed by atoms with Crippen LogP contribution in [0.4, 0.5) is 4.39 Å². The van der Waals surface area contributed by atoms with E-state index in [2.05, 4.69) is 4.98 Å². The fourth-order valence-corrected chi connectivity index (χ4v) is 4.74. The number of pyridine rings is 1. The topological polar surface area (TPSA) is 75.9 Å². The minimum atomic E-state index is -1.19. The maximum absolute atomic E-state index is 13.8. The molecule has 0 bridgehead atoms. The van der Waals surface area contributed by atoms with Crippen LogP contribution in [0.15, 0.2) is 71.6 Å². The number of nitrogens with zero attached hydrogens (tertiary/aromatic N) is 3. The summed E-state index contributed by atoms with van der Waals surface area (Å²) >= 11 is 0. The summed E-state index contributed by atoms with van der Waals surface area (Å²) in [6.45, 7) is 1.64. The molecular weight excluding hydrogens is 425 g/mol. The zero-order valence-electron chi connectivity index (χ0n) is 18.0. The van der Waals surface area contributed by atoms with Gasteiger partial charge in [-0.3, -0.25) is 14.6 Å². The Labute approximate surface area is 190 Å². The average molecular weight is 449 g/mol. The molecule has 33 heavy (non-hydrogen) atoms. The Morgan fingerprint density at radius 3 is 2.76 bits per heavy atom. The molecule has 8 heteroatoms. The largest absolute Gasteiger partial charge is 0.469 e. The molecule has 1 aromatic carbocycles. The highest BCUT2D eigenvalue weighted by Crippen LogP contribution is 2.42. The summed E-state index contributed by atoms with van der Waals surface area (Å²) < 4.78 is 24.9. The quantitative estimate of drug-likeness (QED) is 0.599. The van der Waals surface area contributed by atoms with E-state index in [0.717, 1.165) is 11.1 Å². The van der Waals surface area contributed by atoms with E-state index in [-0.39, 0.29) is 36.5 Å². The highest BCUT2D eigenvalue weighted by atomic mass is 19.1. The van der Waals surface area contributed by atoms with Gasteiger partial charge in [0.25, 0.3) is 5.91 Å². The lowest BCUT2D eigenvalue weighted by Crippen LogP contribution is -2.60. The Balaban J connectivity index is 1.43. The number of amides is 2. The number of aromatic nitrogens is 1. The number of rotatable bonds is 5. The molecular formula is C25H24FN3O4. The van der Waals surface area contributed by atoms with E-state index >= 15 is 0 Å². The Kier molecular flexibility index (Phi) is 5.68. The van der Waals surface area contributed by atoms with Crippen molar-refractivity contribution in [3.63, 3.8) is 0 Å². The highest BCUT2D eigenvalue weighted by molar-refractivity contribution is 5.90. The van der Waals surface area contributed by atoms with Gasteiger partial charge in [0, 0.05) is 37.9 Å². The van der Waals surface area contributed by atoms with Gasteiger partial charge in [-0.05, 0) is 41.5 Å². The van der Waals surface area contributed by atoms with Gasteiger partial charge in [0.2, 0.25) is 5.91 Å². The van der Waals surface area contributed by atoms with Crippen molar-refractivity contribution in [3.8, 4) is 0 Å². The van der Waals surface area contributed by atoms with Crippen LogP contribution >= 0.6 is 0 Å². The van der Waals surface area contributed by atoms with E-state index in [1.54, 1.807) is 46.5 Å². The van der Waals surface area contributed by atoms with Crippen LogP contribution < -0.4 is 0 Å². The molecule has 2 aliphatic rings. The zero-order valence-corrected chi connectivity index (χ0v) is 18.0. The first-order valence-electron chi connectivity index (χ1n) is 10.9. The molecule has 3 aromatic rings. The number of benzene rings is 1. The monoisotopic (exact) mass is 449 g/mol. The van der Waals surface area contributed by atoms with Crippen LogP contribution in [0.25, 0.3) is 0 Å². The van der Waals surface area contributed by atoms with Crippen LogP contribution in [0.2, 0.25) is 0 Å². The minimum absolute atomic E-state index is 0.121. The molecule has 170 valence electrons. The second-order valence-electron chi connectivity index (χ2n) is 8.46. The lowest BCUT2D eigenvalue weighted by Gasteiger charge is -2.42. The standard InChI is InChI=1S/C25H24FN3O4/c26-20-7-5-18(6-8-20)15-28-10-12-33-25(24(28)31)17-29(23(30)13-21-4-2-11-32-21)16-22(25)19-3-1-9-27-14-19/h1-9,11,14,22H,10,12-13,15-17H2/t22-,25-/m0/s1. The second-order valence-corrected chi connectivity index (χ2v) is 8.46. The van der Waals surface area contributed by atoms with Gasteiger partial charge in [-0.2, -0.15) is 0 Å². The molecule has 2 amide bonds. The first-order chi connectivity index (χ1) is 16.0. The number of likely N-dealkylation sites (tertiary alicyclic amines) is 1. The molecule has 2 fully saturated rings. The zero-order chi connectivity index (χ0) is 22.8. The minimum Gasteiger partial charge on any atom is -0.469 e. The Hall–Kier alpha value is -3.52. The first-order valence-corrected chi connectivity index (χ1v) is 10.9. The summed E-state index contributed by atoms with van der Waals surface area (Å²) in [6.07, 6.45) is 5.06. The van der Waals surface area contributed by atoms with Gasteiger partial charge in [0.1, 0.15) is 11.6 Å². The highest BCUT2D eigenvalue weighted by Gasteiger charge is 2.58. The van der Waals surface area contributed by atoms with E-state index in [4.69, 9.17) is 9.15 Å². The first kappa shape index (κ1) is 21.3. The lowest BCUT2D eigenvalue weighted by molar-refractivity contribution is -0.173. The van der Waals surface area contributed by atoms with Crippen molar-refractivity contribution in [2.24, 2.45) is 0 Å². The number of carbonyl (C=O) groups is 2. The molecule has 2 atom stereocenters. The Bertz CT molecular complexity index is 1120. The van der Waals surface area contributed by atoms with Gasteiger partial charge in [-0.1, -0.05) is 18.2 Å². The summed E-state index contributed by atoms with van der Waals surface area (Å²) in [5.41, 5.74) is 0.492. The van der Waals surface area contributed by atoms with Crippen LogP contribution in [-0.2, 0) is 27.3 Å². The Morgan fingerprint density at radius 2 is 2.03 bits per heavy atom. The molecule has 2 aliphatic heterocycles. The smallest absolute Gasteiger partial charge is 0.257 e. The number of carbonyl (C=O) groups excluding carboxylic acids is 2. The van der Waals surface area contributed by atoms with Crippen molar-refractivity contribution < 1.29 is 23.1 Å².